The number of rotatable bonds is 5. The van der Waals surface area contributed by atoms with Crippen molar-refractivity contribution in [2.24, 2.45) is 5.41 Å². The fourth-order valence-electron chi connectivity index (χ4n) is 2.95. The monoisotopic (exact) mass is 300 g/mol. The van der Waals surface area contributed by atoms with Gasteiger partial charge in [0, 0.05) is 12.2 Å². The number of aryl methyl sites for hydroxylation is 2. The van der Waals surface area contributed by atoms with E-state index in [9.17, 15) is 9.59 Å². The Balaban J connectivity index is 2.10. The Hall–Kier alpha value is -2.10. The molecule has 1 saturated carbocycles. The van der Waals surface area contributed by atoms with E-state index in [1.54, 1.807) is 0 Å². The van der Waals surface area contributed by atoms with Crippen molar-refractivity contribution in [3.05, 3.63) is 42.0 Å². The summed E-state index contributed by atoms with van der Waals surface area (Å²) in [6.07, 6.45) is 4.89. The van der Waals surface area contributed by atoms with E-state index >= 15 is 0 Å². The topological polar surface area (TPSA) is 58.2 Å². The molecule has 0 unspecified atom stereocenters. The van der Waals surface area contributed by atoms with Gasteiger partial charge in [0.05, 0.1) is 5.41 Å². The van der Waals surface area contributed by atoms with Gasteiger partial charge < -0.3 is 10.6 Å². The van der Waals surface area contributed by atoms with Crippen molar-refractivity contribution >= 4 is 17.5 Å². The van der Waals surface area contributed by atoms with Gasteiger partial charge in [0.25, 0.3) is 0 Å². The molecule has 22 heavy (non-hydrogen) atoms. The molecule has 4 nitrogen and oxygen atoms in total. The maximum atomic E-state index is 12.7. The molecule has 1 fully saturated rings. The van der Waals surface area contributed by atoms with Crippen molar-refractivity contribution in [3.63, 3.8) is 0 Å². The molecule has 0 aromatic heterocycles. The minimum absolute atomic E-state index is 0.00221. The number of hydrogen-bond acceptors (Lipinski definition) is 2. The Bertz CT molecular complexity index is 587. The van der Waals surface area contributed by atoms with E-state index in [-0.39, 0.29) is 11.8 Å². The second-order valence-electron chi connectivity index (χ2n) is 6.16. The summed E-state index contributed by atoms with van der Waals surface area (Å²) in [6.45, 7) is 7.89. The number of carbonyl (C=O) groups excluding carboxylic acids is 2. The van der Waals surface area contributed by atoms with Crippen LogP contribution in [-0.4, -0.2) is 18.4 Å². The van der Waals surface area contributed by atoms with Crippen molar-refractivity contribution in [1.29, 1.82) is 0 Å². The standard InChI is InChI=1S/C18H24N2O2/c1-4-16(21)19-12-18(9-5-6-10-18)17(22)20-15-8-7-13(2)14(3)11-15/h4,7-8,11H,1,5-6,9-10,12H2,2-3H3,(H,19,21)(H,20,22). The van der Waals surface area contributed by atoms with Crippen molar-refractivity contribution < 1.29 is 9.59 Å². The van der Waals surface area contributed by atoms with E-state index in [2.05, 4.69) is 17.2 Å². The molecule has 1 aromatic rings. The fraction of sp³-hybridized carbons (Fsp3) is 0.444. The summed E-state index contributed by atoms with van der Waals surface area (Å²) in [4.78, 5) is 24.2. The quantitative estimate of drug-likeness (QED) is 0.821. The van der Waals surface area contributed by atoms with Crippen LogP contribution in [0.3, 0.4) is 0 Å². The first-order valence-electron chi connectivity index (χ1n) is 7.76. The van der Waals surface area contributed by atoms with Gasteiger partial charge in [-0.3, -0.25) is 9.59 Å². The first-order chi connectivity index (χ1) is 10.5. The molecule has 0 bridgehead atoms. The molecule has 0 saturated heterocycles. The molecule has 0 spiro atoms. The van der Waals surface area contributed by atoms with E-state index in [4.69, 9.17) is 0 Å². The van der Waals surface area contributed by atoms with Gasteiger partial charge in [-0.2, -0.15) is 0 Å². The highest BCUT2D eigenvalue weighted by molar-refractivity contribution is 5.96. The van der Waals surface area contributed by atoms with Crippen LogP contribution in [0.5, 0.6) is 0 Å². The number of benzene rings is 1. The predicted molar refractivity (Wildman–Crippen MR) is 88.7 cm³/mol. The third-order valence-corrected chi connectivity index (χ3v) is 4.59. The Morgan fingerprint density at radius 1 is 1.23 bits per heavy atom. The number of nitrogens with one attached hydrogen (secondary N) is 2. The molecule has 0 heterocycles. The minimum atomic E-state index is -0.503. The third kappa shape index (κ3) is 3.56. The molecule has 2 rings (SSSR count). The lowest BCUT2D eigenvalue weighted by atomic mass is 9.84. The molecule has 1 aromatic carbocycles. The highest BCUT2D eigenvalue weighted by Crippen LogP contribution is 2.38. The third-order valence-electron chi connectivity index (χ3n) is 4.59. The maximum Gasteiger partial charge on any atom is 0.243 e. The SMILES string of the molecule is C=CC(=O)NCC1(C(=O)Nc2ccc(C)c(C)c2)CCCC1. The number of amides is 2. The first-order valence-corrected chi connectivity index (χ1v) is 7.76. The summed E-state index contributed by atoms with van der Waals surface area (Å²) < 4.78 is 0. The Labute approximate surface area is 132 Å². The smallest absolute Gasteiger partial charge is 0.243 e. The van der Waals surface area contributed by atoms with Crippen LogP contribution in [0.2, 0.25) is 0 Å². The number of carbonyl (C=O) groups is 2. The van der Waals surface area contributed by atoms with E-state index in [0.29, 0.717) is 6.54 Å². The average molecular weight is 300 g/mol. The van der Waals surface area contributed by atoms with Gasteiger partial charge in [-0.25, -0.2) is 0 Å². The zero-order valence-corrected chi connectivity index (χ0v) is 13.4. The van der Waals surface area contributed by atoms with E-state index < -0.39 is 5.41 Å². The van der Waals surface area contributed by atoms with Gasteiger partial charge in [-0.1, -0.05) is 25.5 Å². The average Bonchev–Trinajstić information content (AvgIpc) is 2.98. The Kier molecular flexibility index (Phi) is 5.01. The molecule has 2 amide bonds. The summed E-state index contributed by atoms with van der Waals surface area (Å²) in [5.74, 6) is -0.233. The molecule has 2 N–H and O–H groups in total. The first kappa shape index (κ1) is 16.3. The van der Waals surface area contributed by atoms with Crippen molar-refractivity contribution in [2.75, 3.05) is 11.9 Å². The zero-order valence-electron chi connectivity index (χ0n) is 13.4. The molecule has 118 valence electrons. The minimum Gasteiger partial charge on any atom is -0.351 e. The molecule has 1 aliphatic carbocycles. The molecular weight excluding hydrogens is 276 g/mol. The van der Waals surface area contributed by atoms with E-state index in [1.807, 2.05) is 32.0 Å². The van der Waals surface area contributed by atoms with Crippen LogP contribution >= 0.6 is 0 Å². The second-order valence-corrected chi connectivity index (χ2v) is 6.16. The van der Waals surface area contributed by atoms with Crippen LogP contribution in [0.4, 0.5) is 5.69 Å². The summed E-state index contributed by atoms with van der Waals surface area (Å²) in [5.41, 5.74) is 2.66. The van der Waals surface area contributed by atoms with Gasteiger partial charge in [-0.05, 0) is 56.0 Å². The van der Waals surface area contributed by atoms with Crippen LogP contribution in [0.1, 0.15) is 36.8 Å². The van der Waals surface area contributed by atoms with Gasteiger partial charge in [0.15, 0.2) is 0 Å². The van der Waals surface area contributed by atoms with Crippen LogP contribution in [-0.2, 0) is 9.59 Å². The molecular formula is C18H24N2O2. The Morgan fingerprint density at radius 2 is 1.91 bits per heavy atom. The highest BCUT2D eigenvalue weighted by Gasteiger charge is 2.41. The van der Waals surface area contributed by atoms with Crippen LogP contribution in [0.15, 0.2) is 30.9 Å². The molecule has 4 heteroatoms. The normalized spacial score (nSPS) is 16.1. The lowest BCUT2D eigenvalue weighted by Gasteiger charge is -2.28. The molecule has 0 aliphatic heterocycles. The fourth-order valence-corrected chi connectivity index (χ4v) is 2.95. The van der Waals surface area contributed by atoms with Crippen molar-refractivity contribution in [2.45, 2.75) is 39.5 Å². The second kappa shape index (κ2) is 6.77. The van der Waals surface area contributed by atoms with E-state index in [0.717, 1.165) is 36.9 Å². The van der Waals surface area contributed by atoms with Gasteiger partial charge in [0.2, 0.25) is 11.8 Å². The summed E-state index contributed by atoms with van der Waals surface area (Å²) in [7, 11) is 0. The Morgan fingerprint density at radius 3 is 2.50 bits per heavy atom. The predicted octanol–water partition coefficient (Wildman–Crippen LogP) is 3.10. The van der Waals surface area contributed by atoms with Crippen LogP contribution in [0.25, 0.3) is 0 Å². The summed E-state index contributed by atoms with van der Waals surface area (Å²) in [5, 5.41) is 5.80. The highest BCUT2D eigenvalue weighted by atomic mass is 16.2. The van der Waals surface area contributed by atoms with Gasteiger partial charge >= 0.3 is 0 Å². The van der Waals surface area contributed by atoms with Crippen molar-refractivity contribution in [3.8, 4) is 0 Å². The van der Waals surface area contributed by atoms with Gasteiger partial charge in [-0.15, -0.1) is 0 Å². The molecule has 1 aliphatic rings. The summed E-state index contributed by atoms with van der Waals surface area (Å²) >= 11 is 0. The summed E-state index contributed by atoms with van der Waals surface area (Å²) in [6, 6.07) is 5.91. The zero-order chi connectivity index (χ0) is 16.2. The van der Waals surface area contributed by atoms with Gasteiger partial charge in [0.1, 0.15) is 0 Å². The van der Waals surface area contributed by atoms with Crippen LogP contribution < -0.4 is 10.6 Å². The number of hydrogen-bond donors (Lipinski definition) is 2. The number of anilines is 1. The lowest BCUT2D eigenvalue weighted by Crippen LogP contribution is -2.43. The molecule has 0 atom stereocenters. The van der Waals surface area contributed by atoms with E-state index in [1.165, 1.54) is 11.6 Å². The largest absolute Gasteiger partial charge is 0.351 e. The van der Waals surface area contributed by atoms with Crippen LogP contribution in [0, 0.1) is 19.3 Å². The van der Waals surface area contributed by atoms with Crippen molar-refractivity contribution in [1.82, 2.24) is 5.32 Å². The lowest BCUT2D eigenvalue weighted by molar-refractivity contribution is -0.126. The maximum absolute atomic E-state index is 12.7. The molecule has 0 radical (unpaired) electrons.